The Morgan fingerprint density at radius 3 is 2.61 bits per heavy atom. The van der Waals surface area contributed by atoms with Gasteiger partial charge in [-0.05, 0) is 44.5 Å². The molecule has 0 radical (unpaired) electrons. The van der Waals surface area contributed by atoms with Crippen LogP contribution in [0, 0.1) is 19.7 Å². The summed E-state index contributed by atoms with van der Waals surface area (Å²) >= 11 is 0. The van der Waals surface area contributed by atoms with Gasteiger partial charge in [-0.15, -0.1) is 6.58 Å². The first-order valence-corrected chi connectivity index (χ1v) is 8.85. The average Bonchev–Trinajstić information content (AvgIpc) is 2.95. The summed E-state index contributed by atoms with van der Waals surface area (Å²) in [6, 6.07) is 5.28. The minimum Gasteiger partial charge on any atom is -0.461 e. The number of hydrogen-bond donors (Lipinski definition) is 1. The van der Waals surface area contributed by atoms with Gasteiger partial charge < -0.3 is 14.6 Å². The van der Waals surface area contributed by atoms with Crippen molar-refractivity contribution in [2.75, 3.05) is 19.7 Å². The second kappa shape index (κ2) is 9.12. The van der Waals surface area contributed by atoms with Gasteiger partial charge in [-0.2, -0.15) is 0 Å². The van der Waals surface area contributed by atoms with Crippen molar-refractivity contribution >= 4 is 17.7 Å². The van der Waals surface area contributed by atoms with E-state index in [4.69, 9.17) is 4.74 Å². The first kappa shape index (κ1) is 21.1. The van der Waals surface area contributed by atoms with Gasteiger partial charge in [-0.25, -0.2) is 9.18 Å². The third-order valence-corrected chi connectivity index (χ3v) is 4.24. The zero-order valence-corrected chi connectivity index (χ0v) is 16.2. The van der Waals surface area contributed by atoms with Crippen molar-refractivity contribution in [3.63, 3.8) is 0 Å². The third-order valence-electron chi connectivity index (χ3n) is 4.24. The van der Waals surface area contributed by atoms with Crippen molar-refractivity contribution in [2.45, 2.75) is 20.8 Å². The summed E-state index contributed by atoms with van der Waals surface area (Å²) in [5.41, 5.74) is 1.68. The highest BCUT2D eigenvalue weighted by Crippen LogP contribution is 2.20. The molecule has 7 heteroatoms. The van der Waals surface area contributed by atoms with Gasteiger partial charge in [-0.3, -0.25) is 9.59 Å². The lowest BCUT2D eigenvalue weighted by atomic mass is 10.0. The summed E-state index contributed by atoms with van der Waals surface area (Å²) in [4.78, 5) is 41.8. The van der Waals surface area contributed by atoms with Crippen molar-refractivity contribution in [2.24, 2.45) is 0 Å². The number of halogens is 1. The van der Waals surface area contributed by atoms with Crippen LogP contribution >= 0.6 is 0 Å². The molecule has 2 aromatic rings. The van der Waals surface area contributed by atoms with E-state index in [1.807, 2.05) is 0 Å². The van der Waals surface area contributed by atoms with Crippen LogP contribution < -0.4 is 0 Å². The number of aromatic nitrogens is 1. The van der Waals surface area contributed by atoms with Crippen molar-refractivity contribution in [3.8, 4) is 0 Å². The minimum absolute atomic E-state index is 0.119. The molecule has 0 atom stereocenters. The van der Waals surface area contributed by atoms with Gasteiger partial charge in [0.25, 0.3) is 5.91 Å². The number of hydrogen-bond acceptors (Lipinski definition) is 4. The number of ketones is 1. The molecule has 0 aliphatic heterocycles. The molecule has 1 N–H and O–H groups in total. The molecule has 0 unspecified atom stereocenters. The normalized spacial score (nSPS) is 10.4. The number of rotatable bonds is 8. The second-order valence-corrected chi connectivity index (χ2v) is 6.25. The first-order chi connectivity index (χ1) is 13.3. The molecule has 0 spiro atoms. The standard InChI is InChI=1S/C21H23FN2O4/c1-5-10-24(20(26)15-8-7-9-16(22)11-15)12-17(25)18-13(3)19(23-14(18)4)21(27)28-6-2/h5,7-9,11,23H,1,6,10,12H2,2-4H3. The van der Waals surface area contributed by atoms with Crippen molar-refractivity contribution in [3.05, 3.63) is 70.8 Å². The number of amides is 1. The van der Waals surface area contributed by atoms with E-state index in [0.717, 1.165) is 6.07 Å². The number of H-pyrrole nitrogens is 1. The van der Waals surface area contributed by atoms with Crippen LogP contribution in [0.2, 0.25) is 0 Å². The highest BCUT2D eigenvalue weighted by atomic mass is 19.1. The Labute approximate surface area is 163 Å². The van der Waals surface area contributed by atoms with E-state index >= 15 is 0 Å². The van der Waals surface area contributed by atoms with Gasteiger partial charge in [0.2, 0.25) is 0 Å². The molecule has 0 fully saturated rings. The maximum atomic E-state index is 13.4. The smallest absolute Gasteiger partial charge is 0.355 e. The number of aryl methyl sites for hydroxylation is 1. The molecule has 1 heterocycles. The number of nitrogens with zero attached hydrogens (tertiary/aromatic N) is 1. The fraction of sp³-hybridized carbons (Fsp3) is 0.286. The molecule has 1 amide bonds. The maximum Gasteiger partial charge on any atom is 0.355 e. The van der Waals surface area contributed by atoms with Gasteiger partial charge in [0, 0.05) is 23.4 Å². The number of Topliss-reactive ketones (excluding diaryl/α,β-unsaturated/α-hetero) is 1. The van der Waals surface area contributed by atoms with Crippen LogP contribution in [0.5, 0.6) is 0 Å². The van der Waals surface area contributed by atoms with E-state index in [1.165, 1.54) is 29.2 Å². The van der Waals surface area contributed by atoms with Gasteiger partial charge in [-0.1, -0.05) is 12.1 Å². The van der Waals surface area contributed by atoms with Gasteiger partial charge in [0.1, 0.15) is 11.5 Å². The molecular formula is C21H23FN2O4. The minimum atomic E-state index is -0.541. The lowest BCUT2D eigenvalue weighted by Crippen LogP contribution is -2.36. The molecule has 148 valence electrons. The van der Waals surface area contributed by atoms with Gasteiger partial charge in [0.15, 0.2) is 5.78 Å². The van der Waals surface area contributed by atoms with Crippen molar-refractivity contribution in [1.29, 1.82) is 0 Å². The highest BCUT2D eigenvalue weighted by molar-refractivity contribution is 6.05. The van der Waals surface area contributed by atoms with E-state index in [0.29, 0.717) is 16.8 Å². The molecule has 0 aliphatic carbocycles. The molecule has 6 nitrogen and oxygen atoms in total. The maximum absolute atomic E-state index is 13.4. The Morgan fingerprint density at radius 2 is 2.00 bits per heavy atom. The number of carbonyl (C=O) groups excluding carboxylic acids is 3. The van der Waals surface area contributed by atoms with Crippen LogP contribution in [0.3, 0.4) is 0 Å². The van der Waals surface area contributed by atoms with Crippen LogP contribution in [-0.4, -0.2) is 47.2 Å². The molecule has 0 bridgehead atoms. The molecule has 28 heavy (non-hydrogen) atoms. The Hall–Kier alpha value is -3.22. The summed E-state index contributed by atoms with van der Waals surface area (Å²) in [6.45, 7) is 8.73. The molecule has 0 aliphatic rings. The van der Waals surface area contributed by atoms with Crippen LogP contribution in [0.15, 0.2) is 36.9 Å². The summed E-state index contributed by atoms with van der Waals surface area (Å²) in [5.74, 6) is -1.90. The molecule has 1 aromatic carbocycles. The summed E-state index contributed by atoms with van der Waals surface area (Å²) in [5, 5.41) is 0. The fourth-order valence-corrected chi connectivity index (χ4v) is 3.01. The lowest BCUT2D eigenvalue weighted by Gasteiger charge is -2.20. The largest absolute Gasteiger partial charge is 0.461 e. The highest BCUT2D eigenvalue weighted by Gasteiger charge is 2.25. The Balaban J connectivity index is 2.29. The zero-order chi connectivity index (χ0) is 20.8. The number of aromatic amines is 1. The van der Waals surface area contributed by atoms with Crippen LogP contribution in [0.1, 0.15) is 49.4 Å². The van der Waals surface area contributed by atoms with Crippen LogP contribution in [-0.2, 0) is 4.74 Å². The Bertz CT molecular complexity index is 917. The van der Waals surface area contributed by atoms with Crippen LogP contribution in [0.25, 0.3) is 0 Å². The van der Waals surface area contributed by atoms with Gasteiger partial charge in [0.05, 0.1) is 13.2 Å². The summed E-state index contributed by atoms with van der Waals surface area (Å²) < 4.78 is 18.4. The van der Waals surface area contributed by atoms with E-state index in [-0.39, 0.29) is 36.7 Å². The third kappa shape index (κ3) is 4.54. The SMILES string of the molecule is C=CCN(CC(=O)c1c(C)[nH]c(C(=O)OCC)c1C)C(=O)c1cccc(F)c1. The molecular weight excluding hydrogens is 363 g/mol. The van der Waals surface area contributed by atoms with Crippen molar-refractivity contribution in [1.82, 2.24) is 9.88 Å². The predicted molar refractivity (Wildman–Crippen MR) is 103 cm³/mol. The monoisotopic (exact) mass is 386 g/mol. The molecule has 0 saturated carbocycles. The predicted octanol–water partition coefficient (Wildman–Crippen LogP) is 3.46. The number of benzene rings is 1. The van der Waals surface area contributed by atoms with Crippen molar-refractivity contribution < 1.29 is 23.5 Å². The number of nitrogens with one attached hydrogen (secondary N) is 1. The average molecular weight is 386 g/mol. The number of ether oxygens (including phenoxy) is 1. The molecule has 2 rings (SSSR count). The molecule has 1 aromatic heterocycles. The molecule has 0 saturated heterocycles. The zero-order valence-electron chi connectivity index (χ0n) is 16.2. The van der Waals surface area contributed by atoms with Crippen LogP contribution in [0.4, 0.5) is 4.39 Å². The lowest BCUT2D eigenvalue weighted by molar-refractivity contribution is 0.0519. The Morgan fingerprint density at radius 1 is 1.29 bits per heavy atom. The number of esters is 1. The second-order valence-electron chi connectivity index (χ2n) is 6.25. The van der Waals surface area contributed by atoms with Gasteiger partial charge >= 0.3 is 5.97 Å². The quantitative estimate of drug-likeness (QED) is 0.428. The summed E-state index contributed by atoms with van der Waals surface area (Å²) in [7, 11) is 0. The first-order valence-electron chi connectivity index (χ1n) is 8.85. The fourth-order valence-electron chi connectivity index (χ4n) is 3.01. The van der Waals surface area contributed by atoms with E-state index in [2.05, 4.69) is 11.6 Å². The van der Waals surface area contributed by atoms with E-state index in [1.54, 1.807) is 20.8 Å². The topological polar surface area (TPSA) is 79.5 Å². The summed E-state index contributed by atoms with van der Waals surface area (Å²) in [6.07, 6.45) is 1.49. The number of carbonyl (C=O) groups is 3. The van der Waals surface area contributed by atoms with E-state index < -0.39 is 17.7 Å². The van der Waals surface area contributed by atoms with E-state index in [9.17, 15) is 18.8 Å². The Kier molecular flexibility index (Phi) is 6.87.